The SMILES string of the molecule is O=C(CN1CCN(S(=O)(=O)c2ccccc2F)CC1)c1ccco1.O=C(O)C(=O)O. The summed E-state index contributed by atoms with van der Waals surface area (Å²) in [5.41, 5.74) is 0. The zero-order chi connectivity index (χ0) is 22.3. The Labute approximate surface area is 171 Å². The van der Waals surface area contributed by atoms with E-state index >= 15 is 0 Å². The van der Waals surface area contributed by atoms with Crippen LogP contribution in [0, 0.1) is 5.82 Å². The van der Waals surface area contributed by atoms with Gasteiger partial charge in [0, 0.05) is 26.2 Å². The van der Waals surface area contributed by atoms with Crippen molar-refractivity contribution in [3.05, 3.63) is 54.2 Å². The Hall–Kier alpha value is -3.09. The molecule has 12 heteroatoms. The second-order valence-electron chi connectivity index (χ2n) is 6.12. The van der Waals surface area contributed by atoms with Crippen molar-refractivity contribution in [3.8, 4) is 0 Å². The lowest BCUT2D eigenvalue weighted by Crippen LogP contribution is -2.49. The number of carbonyl (C=O) groups excluding carboxylic acids is 1. The second-order valence-corrected chi connectivity index (χ2v) is 8.03. The fraction of sp³-hybridized carbons (Fsp3) is 0.278. The van der Waals surface area contributed by atoms with E-state index in [9.17, 15) is 17.6 Å². The van der Waals surface area contributed by atoms with Crippen LogP contribution in [0.15, 0.2) is 52.0 Å². The minimum atomic E-state index is -3.86. The van der Waals surface area contributed by atoms with Crippen LogP contribution in [-0.2, 0) is 19.6 Å². The van der Waals surface area contributed by atoms with Crippen LogP contribution in [-0.4, -0.2) is 78.3 Å². The van der Waals surface area contributed by atoms with Gasteiger partial charge in [-0.05, 0) is 24.3 Å². The van der Waals surface area contributed by atoms with Crippen molar-refractivity contribution in [3.63, 3.8) is 0 Å². The molecule has 30 heavy (non-hydrogen) atoms. The number of carboxylic acid groups (broad SMARTS) is 2. The molecule has 2 heterocycles. The topological polar surface area (TPSA) is 145 Å². The summed E-state index contributed by atoms with van der Waals surface area (Å²) in [7, 11) is -3.86. The number of aliphatic carboxylic acids is 2. The van der Waals surface area contributed by atoms with Gasteiger partial charge in [0.15, 0.2) is 5.76 Å². The number of rotatable bonds is 5. The summed E-state index contributed by atoms with van der Waals surface area (Å²) >= 11 is 0. The van der Waals surface area contributed by atoms with Crippen molar-refractivity contribution in [2.45, 2.75) is 4.90 Å². The summed E-state index contributed by atoms with van der Waals surface area (Å²) in [6.07, 6.45) is 1.44. The summed E-state index contributed by atoms with van der Waals surface area (Å²) in [4.78, 5) is 31.7. The number of Topliss-reactive ketones (excluding diaryl/α,β-unsaturated/α-hetero) is 1. The molecule has 1 aromatic heterocycles. The standard InChI is InChI=1S/C16H17FN2O4S.C2H2O4/c17-13-4-1-2-6-16(13)24(21,22)19-9-7-18(8-10-19)12-14(20)15-5-3-11-23-15;3-1(4)2(5)6/h1-6,11H,7-10,12H2;(H,3,4)(H,5,6). The van der Waals surface area contributed by atoms with Crippen molar-refractivity contribution in [1.82, 2.24) is 9.21 Å². The molecule has 1 fully saturated rings. The van der Waals surface area contributed by atoms with Gasteiger partial charge < -0.3 is 14.6 Å². The van der Waals surface area contributed by atoms with Crippen molar-refractivity contribution in [1.29, 1.82) is 0 Å². The molecule has 0 saturated carbocycles. The zero-order valence-corrected chi connectivity index (χ0v) is 16.4. The van der Waals surface area contributed by atoms with Gasteiger partial charge in [-0.15, -0.1) is 0 Å². The molecule has 0 atom stereocenters. The van der Waals surface area contributed by atoms with Gasteiger partial charge in [-0.25, -0.2) is 22.4 Å². The molecule has 0 spiro atoms. The first-order chi connectivity index (χ1) is 14.1. The molecule has 162 valence electrons. The number of carboxylic acids is 2. The van der Waals surface area contributed by atoms with Gasteiger partial charge >= 0.3 is 11.9 Å². The molecule has 1 saturated heterocycles. The molecular formula is C18H19FN2O8S. The Morgan fingerprint density at radius 1 is 0.967 bits per heavy atom. The Balaban J connectivity index is 0.000000469. The Morgan fingerprint density at radius 2 is 1.57 bits per heavy atom. The first-order valence-corrected chi connectivity index (χ1v) is 10.1. The third kappa shape index (κ3) is 5.95. The third-order valence-electron chi connectivity index (χ3n) is 4.13. The van der Waals surface area contributed by atoms with Gasteiger partial charge in [0.25, 0.3) is 0 Å². The fourth-order valence-electron chi connectivity index (χ4n) is 2.64. The third-order valence-corrected chi connectivity index (χ3v) is 6.06. The van der Waals surface area contributed by atoms with Crippen LogP contribution in [0.25, 0.3) is 0 Å². The number of nitrogens with zero attached hydrogens (tertiary/aromatic N) is 2. The molecular weight excluding hydrogens is 423 g/mol. The summed E-state index contributed by atoms with van der Waals surface area (Å²) in [6.45, 7) is 1.39. The van der Waals surface area contributed by atoms with E-state index in [1.165, 1.54) is 28.8 Å². The van der Waals surface area contributed by atoms with Crippen molar-refractivity contribution in [2.24, 2.45) is 0 Å². The van der Waals surface area contributed by atoms with Crippen molar-refractivity contribution >= 4 is 27.7 Å². The maximum atomic E-state index is 13.8. The molecule has 10 nitrogen and oxygen atoms in total. The molecule has 0 bridgehead atoms. The highest BCUT2D eigenvalue weighted by Crippen LogP contribution is 2.20. The Bertz CT molecular complexity index is 987. The summed E-state index contributed by atoms with van der Waals surface area (Å²) < 4.78 is 45.1. The van der Waals surface area contributed by atoms with Crippen LogP contribution in [0.1, 0.15) is 10.6 Å². The number of halogens is 1. The van der Waals surface area contributed by atoms with Crippen LogP contribution >= 0.6 is 0 Å². The molecule has 2 N–H and O–H groups in total. The molecule has 3 rings (SSSR count). The molecule has 0 aliphatic carbocycles. The number of carbonyl (C=O) groups is 3. The normalized spacial score (nSPS) is 15.1. The fourth-order valence-corrected chi connectivity index (χ4v) is 4.13. The molecule has 2 aromatic rings. The average molecular weight is 442 g/mol. The highest BCUT2D eigenvalue weighted by molar-refractivity contribution is 7.89. The predicted octanol–water partition coefficient (Wildman–Crippen LogP) is 0.763. The lowest BCUT2D eigenvalue weighted by Gasteiger charge is -2.33. The predicted molar refractivity (Wildman–Crippen MR) is 99.9 cm³/mol. The number of ketones is 1. The van der Waals surface area contributed by atoms with Gasteiger partial charge in [0.2, 0.25) is 15.8 Å². The maximum absolute atomic E-state index is 13.8. The number of piperazine rings is 1. The van der Waals surface area contributed by atoms with E-state index in [2.05, 4.69) is 0 Å². The highest BCUT2D eigenvalue weighted by atomic mass is 32.2. The van der Waals surface area contributed by atoms with E-state index in [0.717, 1.165) is 6.07 Å². The first-order valence-electron chi connectivity index (χ1n) is 8.63. The molecule has 0 radical (unpaired) electrons. The molecule has 1 aliphatic rings. The maximum Gasteiger partial charge on any atom is 0.414 e. The van der Waals surface area contributed by atoms with Gasteiger partial charge in [0.1, 0.15) is 10.7 Å². The molecule has 0 amide bonds. The lowest BCUT2D eigenvalue weighted by molar-refractivity contribution is -0.159. The molecule has 1 aromatic carbocycles. The van der Waals surface area contributed by atoms with E-state index in [-0.39, 0.29) is 36.1 Å². The number of benzene rings is 1. The minimum Gasteiger partial charge on any atom is -0.473 e. The summed E-state index contributed by atoms with van der Waals surface area (Å²) in [5, 5.41) is 14.8. The smallest absolute Gasteiger partial charge is 0.414 e. The second kappa shape index (κ2) is 10.1. The molecule has 0 unspecified atom stereocenters. The number of sulfonamides is 1. The van der Waals surface area contributed by atoms with E-state index in [1.807, 2.05) is 4.90 Å². The number of furan rings is 1. The van der Waals surface area contributed by atoms with E-state index in [1.54, 1.807) is 12.1 Å². The number of hydrogen-bond donors (Lipinski definition) is 2. The van der Waals surface area contributed by atoms with Crippen molar-refractivity contribution < 1.29 is 41.8 Å². The van der Waals surface area contributed by atoms with Gasteiger partial charge in [-0.2, -0.15) is 4.31 Å². The summed E-state index contributed by atoms with van der Waals surface area (Å²) in [6, 6.07) is 8.58. The highest BCUT2D eigenvalue weighted by Gasteiger charge is 2.31. The Morgan fingerprint density at radius 3 is 2.07 bits per heavy atom. The largest absolute Gasteiger partial charge is 0.473 e. The van der Waals surface area contributed by atoms with Crippen LogP contribution in [0.2, 0.25) is 0 Å². The van der Waals surface area contributed by atoms with Gasteiger partial charge in [-0.3, -0.25) is 9.69 Å². The lowest BCUT2D eigenvalue weighted by atomic mass is 10.2. The average Bonchev–Trinajstić information content (AvgIpc) is 3.24. The van der Waals surface area contributed by atoms with E-state index < -0.39 is 27.8 Å². The minimum absolute atomic E-state index is 0.148. The van der Waals surface area contributed by atoms with Crippen molar-refractivity contribution in [2.75, 3.05) is 32.7 Å². The quantitative estimate of drug-likeness (QED) is 0.506. The van der Waals surface area contributed by atoms with Crippen LogP contribution in [0.3, 0.4) is 0 Å². The van der Waals surface area contributed by atoms with Crippen LogP contribution in [0.4, 0.5) is 4.39 Å². The van der Waals surface area contributed by atoms with Gasteiger partial charge in [0.05, 0.1) is 12.8 Å². The molecule has 1 aliphatic heterocycles. The zero-order valence-electron chi connectivity index (χ0n) is 15.6. The van der Waals surface area contributed by atoms with Crippen LogP contribution < -0.4 is 0 Å². The van der Waals surface area contributed by atoms with E-state index in [0.29, 0.717) is 13.1 Å². The monoisotopic (exact) mass is 442 g/mol. The van der Waals surface area contributed by atoms with E-state index in [4.69, 9.17) is 24.2 Å². The van der Waals surface area contributed by atoms with Gasteiger partial charge in [-0.1, -0.05) is 12.1 Å². The Kier molecular flexibility index (Phi) is 7.80. The first kappa shape index (κ1) is 23.2. The number of hydrogen-bond acceptors (Lipinski definition) is 7. The van der Waals surface area contributed by atoms with Crippen LogP contribution in [0.5, 0.6) is 0 Å². The summed E-state index contributed by atoms with van der Waals surface area (Å²) in [5.74, 6) is -4.26.